The number of thiophene rings is 1. The molecule has 0 saturated carbocycles. The van der Waals surface area contributed by atoms with Crippen LogP contribution in [0.2, 0.25) is 4.34 Å². The molecule has 25 heavy (non-hydrogen) atoms. The molecule has 0 saturated heterocycles. The highest BCUT2D eigenvalue weighted by Crippen LogP contribution is 2.33. The zero-order valence-corrected chi connectivity index (χ0v) is 16.3. The molecule has 0 atom stereocenters. The lowest BCUT2D eigenvalue weighted by atomic mass is 10.2. The van der Waals surface area contributed by atoms with Crippen molar-refractivity contribution >= 4 is 51.6 Å². The van der Waals surface area contributed by atoms with Gasteiger partial charge in [0.1, 0.15) is 5.01 Å². The average Bonchev–Trinajstić information content (AvgIpc) is 3.23. The molecule has 4 nitrogen and oxygen atoms in total. The molecule has 0 aliphatic rings. The van der Waals surface area contributed by atoms with Crippen LogP contribution >= 0.6 is 34.3 Å². The molecule has 3 rings (SSSR count). The number of anilines is 2. The molecule has 2 aromatic heterocycles. The largest absolute Gasteiger partial charge is 0.375 e. The first-order valence-electron chi connectivity index (χ1n) is 7.86. The number of nitrogens with zero attached hydrogens (tertiary/aromatic N) is 2. The van der Waals surface area contributed by atoms with E-state index in [1.54, 1.807) is 0 Å². The number of amides is 1. The quantitative estimate of drug-likeness (QED) is 0.631. The predicted octanol–water partition coefficient (Wildman–Crippen LogP) is 5.16. The topological polar surface area (TPSA) is 45.2 Å². The Bertz CT molecular complexity index is 875. The summed E-state index contributed by atoms with van der Waals surface area (Å²) in [5.41, 5.74) is 2.64. The summed E-state index contributed by atoms with van der Waals surface area (Å²) in [4.78, 5) is 20.0. The maximum Gasteiger partial charge on any atom is 0.230 e. The summed E-state index contributed by atoms with van der Waals surface area (Å²) in [6.45, 7) is 3.00. The van der Waals surface area contributed by atoms with E-state index in [0.29, 0.717) is 0 Å². The lowest BCUT2D eigenvalue weighted by molar-refractivity contribution is -0.115. The molecular formula is C18H18ClN3OS2. The highest BCUT2D eigenvalue weighted by atomic mass is 35.5. The predicted molar refractivity (Wildman–Crippen MR) is 108 cm³/mol. The SMILES string of the molecule is CCN(C)c1cccc(NC(=O)Cc2csc(-c3ccc(Cl)s3)n2)c1. The summed E-state index contributed by atoms with van der Waals surface area (Å²) >= 11 is 8.98. The summed E-state index contributed by atoms with van der Waals surface area (Å²) in [6, 6.07) is 11.6. The second kappa shape index (κ2) is 7.99. The number of halogens is 1. The van der Waals surface area contributed by atoms with Crippen LogP contribution in [0.3, 0.4) is 0 Å². The zero-order valence-electron chi connectivity index (χ0n) is 14.0. The molecule has 0 fully saturated rings. The second-order valence-electron chi connectivity index (χ2n) is 5.54. The Labute approximate surface area is 160 Å². The Morgan fingerprint density at radius 1 is 1.32 bits per heavy atom. The van der Waals surface area contributed by atoms with Gasteiger partial charge in [-0.2, -0.15) is 0 Å². The summed E-state index contributed by atoms with van der Waals surface area (Å²) in [5, 5.41) is 5.76. The lowest BCUT2D eigenvalue weighted by Crippen LogP contribution is -2.17. The lowest BCUT2D eigenvalue weighted by Gasteiger charge is -2.17. The van der Waals surface area contributed by atoms with E-state index in [4.69, 9.17) is 11.6 Å². The van der Waals surface area contributed by atoms with E-state index in [2.05, 4.69) is 22.1 Å². The van der Waals surface area contributed by atoms with Crippen molar-refractivity contribution in [3.05, 3.63) is 51.8 Å². The van der Waals surface area contributed by atoms with Gasteiger partial charge in [-0.15, -0.1) is 22.7 Å². The fourth-order valence-corrected chi connectivity index (χ4v) is 4.24. The van der Waals surface area contributed by atoms with Crippen LogP contribution in [0.1, 0.15) is 12.6 Å². The van der Waals surface area contributed by atoms with Crippen molar-refractivity contribution in [2.24, 2.45) is 0 Å². The van der Waals surface area contributed by atoms with Gasteiger partial charge in [0.15, 0.2) is 0 Å². The molecule has 130 valence electrons. The number of hydrogen-bond donors (Lipinski definition) is 1. The molecule has 0 aliphatic carbocycles. The third kappa shape index (κ3) is 4.60. The molecule has 1 N–H and O–H groups in total. The zero-order chi connectivity index (χ0) is 17.8. The van der Waals surface area contributed by atoms with Gasteiger partial charge in [0.25, 0.3) is 0 Å². The van der Waals surface area contributed by atoms with Gasteiger partial charge < -0.3 is 10.2 Å². The number of nitrogens with one attached hydrogen (secondary N) is 1. The summed E-state index contributed by atoms with van der Waals surface area (Å²) in [5.74, 6) is -0.0719. The number of hydrogen-bond acceptors (Lipinski definition) is 5. The van der Waals surface area contributed by atoms with Crippen LogP contribution < -0.4 is 10.2 Å². The van der Waals surface area contributed by atoms with Crippen molar-refractivity contribution < 1.29 is 4.79 Å². The molecule has 0 radical (unpaired) electrons. The summed E-state index contributed by atoms with van der Waals surface area (Å²) in [6.07, 6.45) is 0.253. The molecule has 0 unspecified atom stereocenters. The Kier molecular flexibility index (Phi) is 5.73. The van der Waals surface area contributed by atoms with E-state index in [0.717, 1.165) is 37.8 Å². The monoisotopic (exact) mass is 391 g/mol. The fourth-order valence-electron chi connectivity index (χ4n) is 2.30. The molecule has 1 amide bonds. The van der Waals surface area contributed by atoms with Crippen molar-refractivity contribution in [3.8, 4) is 9.88 Å². The normalized spacial score (nSPS) is 10.7. The highest BCUT2D eigenvalue weighted by Gasteiger charge is 2.11. The van der Waals surface area contributed by atoms with Crippen molar-refractivity contribution in [1.29, 1.82) is 0 Å². The Hall–Kier alpha value is -1.89. The molecule has 0 spiro atoms. The maximum absolute atomic E-state index is 12.3. The number of carbonyl (C=O) groups is 1. The second-order valence-corrected chi connectivity index (χ2v) is 8.11. The summed E-state index contributed by atoms with van der Waals surface area (Å²) in [7, 11) is 2.02. The third-order valence-electron chi connectivity index (χ3n) is 3.72. The number of rotatable bonds is 6. The fraction of sp³-hybridized carbons (Fsp3) is 0.222. The van der Waals surface area contributed by atoms with E-state index in [1.165, 1.54) is 22.7 Å². The van der Waals surface area contributed by atoms with Crippen LogP contribution in [0.15, 0.2) is 41.8 Å². The molecule has 3 aromatic rings. The van der Waals surface area contributed by atoms with Gasteiger partial charge in [-0.1, -0.05) is 17.7 Å². The van der Waals surface area contributed by atoms with Crippen molar-refractivity contribution in [2.45, 2.75) is 13.3 Å². The van der Waals surface area contributed by atoms with Gasteiger partial charge in [0.2, 0.25) is 5.91 Å². The first kappa shape index (κ1) is 17.9. The van der Waals surface area contributed by atoms with Crippen LogP contribution in [-0.2, 0) is 11.2 Å². The van der Waals surface area contributed by atoms with Crippen LogP contribution in [0, 0.1) is 0 Å². The standard InChI is InChI=1S/C18H18ClN3OS2/c1-3-22(2)14-6-4-5-12(9-14)20-17(23)10-13-11-24-18(21-13)15-7-8-16(19)25-15/h4-9,11H,3,10H2,1-2H3,(H,20,23). The van der Waals surface area contributed by atoms with Crippen molar-refractivity contribution in [2.75, 3.05) is 23.8 Å². The number of aromatic nitrogens is 1. The number of thiazole rings is 1. The average molecular weight is 392 g/mol. The molecule has 0 bridgehead atoms. The van der Waals surface area contributed by atoms with Gasteiger partial charge in [-0.3, -0.25) is 4.79 Å². The van der Waals surface area contributed by atoms with E-state index in [1.807, 2.05) is 48.8 Å². The smallest absolute Gasteiger partial charge is 0.230 e. The van der Waals surface area contributed by atoms with Crippen LogP contribution in [0.4, 0.5) is 11.4 Å². The van der Waals surface area contributed by atoms with E-state index in [9.17, 15) is 4.79 Å². The Morgan fingerprint density at radius 2 is 2.16 bits per heavy atom. The number of carbonyl (C=O) groups excluding carboxylic acids is 1. The highest BCUT2D eigenvalue weighted by molar-refractivity contribution is 7.23. The minimum absolute atomic E-state index is 0.0719. The minimum atomic E-state index is -0.0719. The van der Waals surface area contributed by atoms with Crippen LogP contribution in [0.5, 0.6) is 0 Å². The Morgan fingerprint density at radius 3 is 2.88 bits per heavy atom. The van der Waals surface area contributed by atoms with Gasteiger partial charge in [0, 0.05) is 30.3 Å². The Balaban J connectivity index is 1.64. The van der Waals surface area contributed by atoms with Crippen LogP contribution in [-0.4, -0.2) is 24.5 Å². The third-order valence-corrected chi connectivity index (χ3v) is 6.01. The maximum atomic E-state index is 12.3. The first-order chi connectivity index (χ1) is 12.0. The van der Waals surface area contributed by atoms with Crippen molar-refractivity contribution in [3.63, 3.8) is 0 Å². The van der Waals surface area contributed by atoms with E-state index in [-0.39, 0.29) is 12.3 Å². The van der Waals surface area contributed by atoms with Crippen molar-refractivity contribution in [1.82, 2.24) is 4.98 Å². The molecule has 1 aromatic carbocycles. The minimum Gasteiger partial charge on any atom is -0.375 e. The molecule has 7 heteroatoms. The summed E-state index contributed by atoms with van der Waals surface area (Å²) < 4.78 is 0.737. The van der Waals surface area contributed by atoms with Gasteiger partial charge >= 0.3 is 0 Å². The first-order valence-corrected chi connectivity index (χ1v) is 9.93. The van der Waals surface area contributed by atoms with Gasteiger partial charge in [0.05, 0.1) is 21.3 Å². The van der Waals surface area contributed by atoms with Gasteiger partial charge in [-0.05, 0) is 37.3 Å². The molecule has 0 aliphatic heterocycles. The van der Waals surface area contributed by atoms with E-state index < -0.39 is 0 Å². The molecular weight excluding hydrogens is 374 g/mol. The van der Waals surface area contributed by atoms with Gasteiger partial charge in [-0.25, -0.2) is 4.98 Å². The van der Waals surface area contributed by atoms with Crippen LogP contribution in [0.25, 0.3) is 9.88 Å². The van der Waals surface area contributed by atoms with E-state index >= 15 is 0 Å². The molecule has 2 heterocycles. The number of benzene rings is 1.